The normalized spacial score (nSPS) is 19.4. The van der Waals surface area contributed by atoms with Crippen LogP contribution in [0.1, 0.15) is 23.7 Å². The fourth-order valence-electron chi connectivity index (χ4n) is 2.24. The molecule has 0 aliphatic carbocycles. The van der Waals surface area contributed by atoms with E-state index < -0.39 is 0 Å². The molecule has 2 N–H and O–H groups in total. The van der Waals surface area contributed by atoms with E-state index in [0.29, 0.717) is 11.9 Å². The summed E-state index contributed by atoms with van der Waals surface area (Å²) in [6, 6.07) is 4.13. The summed E-state index contributed by atoms with van der Waals surface area (Å²) in [6.45, 7) is 0.865. The third-order valence-electron chi connectivity index (χ3n) is 3.05. The number of fused-ring (bicyclic) bond motifs is 1. The Morgan fingerprint density at radius 1 is 1.31 bits per heavy atom. The van der Waals surface area contributed by atoms with Crippen molar-refractivity contribution >= 4 is 5.95 Å². The molecule has 0 amide bonds. The molecule has 2 aromatic rings. The van der Waals surface area contributed by atoms with Crippen molar-refractivity contribution in [1.82, 2.24) is 19.7 Å². The van der Waals surface area contributed by atoms with E-state index in [2.05, 4.69) is 27.2 Å². The van der Waals surface area contributed by atoms with Crippen LogP contribution in [0.4, 0.5) is 5.95 Å². The van der Waals surface area contributed by atoms with Crippen LogP contribution in [0, 0.1) is 0 Å². The summed E-state index contributed by atoms with van der Waals surface area (Å²) in [4.78, 5) is 8.23. The lowest BCUT2D eigenvalue weighted by atomic mass is 9.93. The molecule has 0 spiro atoms. The molecule has 16 heavy (non-hydrogen) atoms. The molecule has 0 bridgehead atoms. The van der Waals surface area contributed by atoms with Crippen LogP contribution in [0.2, 0.25) is 0 Å². The summed E-state index contributed by atoms with van der Waals surface area (Å²) in [6.07, 6.45) is 5.71. The third-order valence-corrected chi connectivity index (χ3v) is 3.05. The molecule has 5 nitrogen and oxygen atoms in total. The molecule has 1 unspecified atom stereocenters. The molecular formula is C11H13N5. The van der Waals surface area contributed by atoms with Crippen LogP contribution in [-0.4, -0.2) is 19.7 Å². The fraction of sp³-hybridized carbons (Fsp3) is 0.364. The molecule has 0 aromatic carbocycles. The number of aryl methyl sites for hydroxylation is 1. The lowest BCUT2D eigenvalue weighted by molar-refractivity contribution is 0.423. The van der Waals surface area contributed by atoms with Crippen LogP contribution in [-0.2, 0) is 13.0 Å². The Morgan fingerprint density at radius 2 is 2.12 bits per heavy atom. The van der Waals surface area contributed by atoms with Crippen LogP contribution in [0.5, 0.6) is 0 Å². The molecule has 1 aliphatic heterocycles. The van der Waals surface area contributed by atoms with E-state index in [1.54, 1.807) is 0 Å². The summed E-state index contributed by atoms with van der Waals surface area (Å²) in [5, 5.41) is 4.19. The van der Waals surface area contributed by atoms with Gasteiger partial charge in [-0.1, -0.05) is 0 Å². The topological polar surface area (TPSA) is 69.6 Å². The van der Waals surface area contributed by atoms with Gasteiger partial charge in [0.2, 0.25) is 5.95 Å². The van der Waals surface area contributed by atoms with Crippen LogP contribution in [0.3, 0.4) is 0 Å². The van der Waals surface area contributed by atoms with Gasteiger partial charge in [-0.05, 0) is 24.1 Å². The van der Waals surface area contributed by atoms with Gasteiger partial charge in [-0.25, -0.2) is 4.68 Å². The van der Waals surface area contributed by atoms with Gasteiger partial charge in [-0.2, -0.15) is 4.98 Å². The molecule has 0 radical (unpaired) electrons. The van der Waals surface area contributed by atoms with Crippen LogP contribution in [0.25, 0.3) is 0 Å². The zero-order chi connectivity index (χ0) is 11.0. The number of nitrogen functional groups attached to an aromatic ring is 1. The van der Waals surface area contributed by atoms with E-state index in [-0.39, 0.29) is 0 Å². The Bertz CT molecular complexity index is 490. The predicted octanol–water partition coefficient (Wildman–Crippen LogP) is 0.985. The predicted molar refractivity (Wildman–Crippen MR) is 59.7 cm³/mol. The van der Waals surface area contributed by atoms with Gasteiger partial charge in [0.25, 0.3) is 0 Å². The lowest BCUT2D eigenvalue weighted by Gasteiger charge is -2.22. The van der Waals surface area contributed by atoms with Gasteiger partial charge < -0.3 is 5.73 Å². The largest absolute Gasteiger partial charge is 0.366 e. The molecule has 82 valence electrons. The van der Waals surface area contributed by atoms with Gasteiger partial charge in [0, 0.05) is 31.3 Å². The number of aromatic nitrogens is 4. The molecule has 1 atom stereocenters. The van der Waals surface area contributed by atoms with Crippen molar-refractivity contribution < 1.29 is 0 Å². The van der Waals surface area contributed by atoms with E-state index in [0.717, 1.165) is 25.2 Å². The molecular weight excluding hydrogens is 202 g/mol. The number of pyridine rings is 1. The Morgan fingerprint density at radius 3 is 2.94 bits per heavy atom. The Balaban J connectivity index is 1.88. The second-order valence-electron chi connectivity index (χ2n) is 4.08. The minimum atomic E-state index is 0.380. The van der Waals surface area contributed by atoms with Crippen molar-refractivity contribution in [3.63, 3.8) is 0 Å². The minimum Gasteiger partial charge on any atom is -0.366 e. The number of anilines is 1. The highest BCUT2D eigenvalue weighted by molar-refractivity contribution is 5.20. The summed E-state index contributed by atoms with van der Waals surface area (Å²) < 4.78 is 1.92. The SMILES string of the molecule is Nc1nc2n(n1)CC(c1ccncc1)CC2. The van der Waals surface area contributed by atoms with Crippen molar-refractivity contribution in [2.45, 2.75) is 25.3 Å². The first kappa shape index (κ1) is 9.33. The van der Waals surface area contributed by atoms with E-state index in [1.807, 2.05) is 17.1 Å². The lowest BCUT2D eigenvalue weighted by Crippen LogP contribution is -2.19. The summed E-state index contributed by atoms with van der Waals surface area (Å²) in [7, 11) is 0. The minimum absolute atomic E-state index is 0.380. The van der Waals surface area contributed by atoms with Gasteiger partial charge in [0.1, 0.15) is 5.82 Å². The smallest absolute Gasteiger partial charge is 0.239 e. The second-order valence-corrected chi connectivity index (χ2v) is 4.08. The van der Waals surface area contributed by atoms with Crippen molar-refractivity contribution in [1.29, 1.82) is 0 Å². The van der Waals surface area contributed by atoms with E-state index >= 15 is 0 Å². The molecule has 5 heteroatoms. The van der Waals surface area contributed by atoms with Crippen LogP contribution >= 0.6 is 0 Å². The first-order valence-corrected chi connectivity index (χ1v) is 5.42. The zero-order valence-corrected chi connectivity index (χ0v) is 8.87. The highest BCUT2D eigenvalue weighted by Crippen LogP contribution is 2.27. The first-order valence-electron chi connectivity index (χ1n) is 5.42. The monoisotopic (exact) mass is 215 g/mol. The average Bonchev–Trinajstić information content (AvgIpc) is 2.69. The van der Waals surface area contributed by atoms with Crippen molar-refractivity contribution in [3.8, 4) is 0 Å². The summed E-state index contributed by atoms with van der Waals surface area (Å²) in [5.74, 6) is 1.88. The molecule has 2 aromatic heterocycles. The van der Waals surface area contributed by atoms with Gasteiger partial charge in [-0.3, -0.25) is 4.98 Å². The quantitative estimate of drug-likeness (QED) is 0.770. The van der Waals surface area contributed by atoms with E-state index in [9.17, 15) is 0 Å². The van der Waals surface area contributed by atoms with Gasteiger partial charge in [0.15, 0.2) is 0 Å². The Hall–Kier alpha value is -1.91. The Kier molecular flexibility index (Phi) is 2.09. The van der Waals surface area contributed by atoms with Crippen LogP contribution in [0.15, 0.2) is 24.5 Å². The molecule has 0 saturated carbocycles. The van der Waals surface area contributed by atoms with E-state index in [4.69, 9.17) is 5.73 Å². The molecule has 0 fully saturated rings. The van der Waals surface area contributed by atoms with Gasteiger partial charge in [0.05, 0.1) is 0 Å². The number of hydrogen-bond acceptors (Lipinski definition) is 4. The van der Waals surface area contributed by atoms with Crippen LogP contribution < -0.4 is 5.73 Å². The summed E-state index contributed by atoms with van der Waals surface area (Å²) in [5.41, 5.74) is 6.90. The standard InChI is InChI=1S/C11H13N5/c12-11-14-10-2-1-9(7-16(10)15-11)8-3-5-13-6-4-8/h3-6,9H,1-2,7H2,(H2,12,15). The van der Waals surface area contributed by atoms with Crippen molar-refractivity contribution in [3.05, 3.63) is 35.9 Å². The molecule has 3 rings (SSSR count). The summed E-state index contributed by atoms with van der Waals surface area (Å²) >= 11 is 0. The first-order chi connectivity index (χ1) is 7.83. The van der Waals surface area contributed by atoms with E-state index in [1.165, 1.54) is 5.56 Å². The van der Waals surface area contributed by atoms with Gasteiger partial charge in [-0.15, -0.1) is 5.10 Å². The average molecular weight is 215 g/mol. The number of rotatable bonds is 1. The second kappa shape index (κ2) is 3.59. The molecule has 1 aliphatic rings. The molecule has 0 saturated heterocycles. The number of nitrogens with zero attached hydrogens (tertiary/aromatic N) is 4. The molecule has 3 heterocycles. The van der Waals surface area contributed by atoms with Crippen molar-refractivity contribution in [2.75, 3.05) is 5.73 Å². The third kappa shape index (κ3) is 1.54. The fourth-order valence-corrected chi connectivity index (χ4v) is 2.24. The number of hydrogen-bond donors (Lipinski definition) is 1. The highest BCUT2D eigenvalue weighted by atomic mass is 15.4. The van der Waals surface area contributed by atoms with Crippen molar-refractivity contribution in [2.24, 2.45) is 0 Å². The maximum absolute atomic E-state index is 5.59. The Labute approximate surface area is 93.3 Å². The zero-order valence-electron chi connectivity index (χ0n) is 8.87. The highest BCUT2D eigenvalue weighted by Gasteiger charge is 2.22. The number of nitrogens with two attached hydrogens (primary N) is 1. The van der Waals surface area contributed by atoms with Gasteiger partial charge >= 0.3 is 0 Å². The maximum atomic E-state index is 5.59. The maximum Gasteiger partial charge on any atom is 0.239 e.